The van der Waals surface area contributed by atoms with Crippen LogP contribution in [0.2, 0.25) is 0 Å². The van der Waals surface area contributed by atoms with Gasteiger partial charge in [-0.3, -0.25) is 0 Å². The summed E-state index contributed by atoms with van der Waals surface area (Å²) in [6, 6.07) is 9.19. The highest BCUT2D eigenvalue weighted by atomic mass is 16.5. The van der Waals surface area contributed by atoms with Crippen molar-refractivity contribution >= 4 is 5.57 Å². The maximum atomic E-state index is 5.34. The van der Waals surface area contributed by atoms with Crippen molar-refractivity contribution in [2.75, 3.05) is 13.7 Å². The van der Waals surface area contributed by atoms with Gasteiger partial charge < -0.3 is 4.74 Å². The maximum absolute atomic E-state index is 5.34. The van der Waals surface area contributed by atoms with Gasteiger partial charge in [0.2, 0.25) is 0 Å². The summed E-state index contributed by atoms with van der Waals surface area (Å²) < 4.78 is 5.34. The average Bonchev–Trinajstić information content (AvgIpc) is 2.57. The van der Waals surface area contributed by atoms with Crippen LogP contribution in [0.1, 0.15) is 68.9 Å². The van der Waals surface area contributed by atoms with Gasteiger partial charge in [0.05, 0.1) is 0 Å². The van der Waals surface area contributed by atoms with Crippen molar-refractivity contribution < 1.29 is 4.74 Å². The minimum atomic E-state index is 0.754. The fraction of sp³-hybridized carbons (Fsp3) is 0.619. The molecule has 22 heavy (non-hydrogen) atoms. The molecule has 2 aliphatic rings. The molecular weight excluding hydrogens is 268 g/mol. The van der Waals surface area contributed by atoms with Crippen molar-refractivity contribution in [1.29, 1.82) is 0 Å². The molecule has 1 saturated carbocycles. The first kappa shape index (κ1) is 15.8. The second-order valence-corrected chi connectivity index (χ2v) is 7.37. The molecule has 2 aliphatic carbocycles. The van der Waals surface area contributed by atoms with Gasteiger partial charge in [0.1, 0.15) is 0 Å². The van der Waals surface area contributed by atoms with Crippen LogP contribution >= 0.6 is 0 Å². The lowest BCUT2D eigenvalue weighted by Gasteiger charge is -2.30. The van der Waals surface area contributed by atoms with Crippen LogP contribution in [-0.4, -0.2) is 13.7 Å². The summed E-state index contributed by atoms with van der Waals surface area (Å²) in [5, 5.41) is 0. The monoisotopic (exact) mass is 298 g/mol. The molecule has 1 nitrogen and oxygen atoms in total. The van der Waals surface area contributed by atoms with Gasteiger partial charge in [0, 0.05) is 13.7 Å². The quantitative estimate of drug-likeness (QED) is 0.681. The molecule has 0 aliphatic heterocycles. The molecule has 0 radical (unpaired) electrons. The van der Waals surface area contributed by atoms with Gasteiger partial charge >= 0.3 is 0 Å². The minimum absolute atomic E-state index is 0.754. The number of allylic oxidation sites excluding steroid dienone is 2. The Kier molecular flexibility index (Phi) is 5.36. The molecule has 0 heterocycles. The van der Waals surface area contributed by atoms with E-state index in [-0.39, 0.29) is 0 Å². The zero-order chi connectivity index (χ0) is 15.4. The third-order valence-corrected chi connectivity index (χ3v) is 5.67. The van der Waals surface area contributed by atoms with E-state index >= 15 is 0 Å². The molecule has 1 aromatic rings. The summed E-state index contributed by atoms with van der Waals surface area (Å²) in [6.45, 7) is 3.31. The summed E-state index contributed by atoms with van der Waals surface area (Å²) in [5.41, 5.74) is 4.76. The van der Waals surface area contributed by atoms with Crippen molar-refractivity contribution in [3.63, 3.8) is 0 Å². The van der Waals surface area contributed by atoms with E-state index in [2.05, 4.69) is 37.3 Å². The molecule has 1 fully saturated rings. The van der Waals surface area contributed by atoms with Crippen LogP contribution < -0.4 is 0 Å². The number of methoxy groups -OCH3 is 1. The molecular formula is C21H30O. The standard InChI is InChI=1S/C21H30O/c1-16-7-11-18(12-8-16)20-5-3-4-6-21(20)19-13-9-17(10-14-19)15-22-2/h3-6,11,16-17,19H,7-10,12-15H2,1-2H3. The Morgan fingerprint density at radius 2 is 1.82 bits per heavy atom. The number of hydrogen-bond acceptors (Lipinski definition) is 1. The largest absolute Gasteiger partial charge is 0.384 e. The predicted octanol–water partition coefficient (Wildman–Crippen LogP) is 5.81. The van der Waals surface area contributed by atoms with Gasteiger partial charge in [0.15, 0.2) is 0 Å². The highest BCUT2D eigenvalue weighted by Crippen LogP contribution is 2.40. The fourth-order valence-electron chi connectivity index (χ4n) is 4.23. The van der Waals surface area contributed by atoms with Crippen LogP contribution in [0.5, 0.6) is 0 Å². The Morgan fingerprint density at radius 3 is 2.50 bits per heavy atom. The number of ether oxygens (including phenoxy) is 1. The maximum Gasteiger partial charge on any atom is 0.0490 e. The second kappa shape index (κ2) is 7.46. The van der Waals surface area contributed by atoms with Gasteiger partial charge in [-0.1, -0.05) is 37.3 Å². The van der Waals surface area contributed by atoms with Gasteiger partial charge in [0.25, 0.3) is 0 Å². The molecule has 1 atom stereocenters. The summed E-state index contributed by atoms with van der Waals surface area (Å²) in [7, 11) is 1.83. The highest BCUT2D eigenvalue weighted by molar-refractivity contribution is 5.69. The third-order valence-electron chi connectivity index (χ3n) is 5.67. The summed E-state index contributed by atoms with van der Waals surface area (Å²) >= 11 is 0. The summed E-state index contributed by atoms with van der Waals surface area (Å²) in [4.78, 5) is 0. The second-order valence-electron chi connectivity index (χ2n) is 7.37. The van der Waals surface area contributed by atoms with E-state index in [1.807, 2.05) is 7.11 Å². The molecule has 1 heteroatoms. The van der Waals surface area contributed by atoms with E-state index < -0.39 is 0 Å². The fourth-order valence-corrected chi connectivity index (χ4v) is 4.23. The van der Waals surface area contributed by atoms with Crippen LogP contribution in [0.15, 0.2) is 30.3 Å². The average molecular weight is 298 g/mol. The van der Waals surface area contributed by atoms with Crippen LogP contribution in [0.25, 0.3) is 5.57 Å². The van der Waals surface area contributed by atoms with Crippen LogP contribution in [0.4, 0.5) is 0 Å². The molecule has 0 amide bonds. The van der Waals surface area contributed by atoms with Crippen molar-refractivity contribution in [3.05, 3.63) is 41.5 Å². The van der Waals surface area contributed by atoms with Crippen LogP contribution in [0, 0.1) is 11.8 Å². The van der Waals surface area contributed by atoms with Gasteiger partial charge in [-0.15, -0.1) is 0 Å². The molecule has 3 rings (SSSR count). The van der Waals surface area contributed by atoms with E-state index in [0.717, 1.165) is 24.4 Å². The Morgan fingerprint density at radius 1 is 1.05 bits per heavy atom. The van der Waals surface area contributed by atoms with E-state index in [4.69, 9.17) is 4.74 Å². The molecule has 120 valence electrons. The highest BCUT2D eigenvalue weighted by Gasteiger charge is 2.25. The first-order valence-corrected chi connectivity index (χ1v) is 9.05. The number of benzene rings is 1. The normalized spacial score (nSPS) is 29.2. The van der Waals surface area contributed by atoms with E-state index in [1.54, 1.807) is 16.7 Å². The Labute approximate surface area is 135 Å². The van der Waals surface area contributed by atoms with Crippen molar-refractivity contribution in [3.8, 4) is 0 Å². The van der Waals surface area contributed by atoms with Crippen molar-refractivity contribution in [1.82, 2.24) is 0 Å². The first-order valence-electron chi connectivity index (χ1n) is 9.05. The zero-order valence-electron chi connectivity index (χ0n) is 14.2. The van der Waals surface area contributed by atoms with Gasteiger partial charge in [-0.25, -0.2) is 0 Å². The molecule has 0 spiro atoms. The Balaban J connectivity index is 1.75. The summed E-state index contributed by atoms with van der Waals surface area (Å²) in [6.07, 6.45) is 11.7. The van der Waals surface area contributed by atoms with Crippen molar-refractivity contribution in [2.45, 2.75) is 57.8 Å². The van der Waals surface area contributed by atoms with E-state index in [9.17, 15) is 0 Å². The smallest absolute Gasteiger partial charge is 0.0490 e. The molecule has 0 saturated heterocycles. The van der Waals surface area contributed by atoms with Crippen LogP contribution in [-0.2, 0) is 4.74 Å². The molecule has 1 unspecified atom stereocenters. The number of hydrogen-bond donors (Lipinski definition) is 0. The molecule has 0 bridgehead atoms. The topological polar surface area (TPSA) is 9.23 Å². The lowest BCUT2D eigenvalue weighted by molar-refractivity contribution is 0.127. The molecule has 1 aromatic carbocycles. The van der Waals surface area contributed by atoms with Gasteiger partial charge in [-0.2, -0.15) is 0 Å². The lowest BCUT2D eigenvalue weighted by Crippen LogP contribution is -2.18. The van der Waals surface area contributed by atoms with Crippen LogP contribution in [0.3, 0.4) is 0 Å². The first-order chi connectivity index (χ1) is 10.8. The van der Waals surface area contributed by atoms with Crippen molar-refractivity contribution in [2.24, 2.45) is 11.8 Å². The van der Waals surface area contributed by atoms with Gasteiger partial charge in [-0.05, 0) is 79.4 Å². The minimum Gasteiger partial charge on any atom is -0.384 e. The molecule has 0 N–H and O–H groups in total. The Hall–Kier alpha value is -1.08. The Bertz CT molecular complexity index is 508. The zero-order valence-corrected chi connectivity index (χ0v) is 14.2. The van der Waals surface area contributed by atoms with E-state index in [0.29, 0.717) is 0 Å². The predicted molar refractivity (Wildman–Crippen MR) is 94.0 cm³/mol. The molecule has 0 aromatic heterocycles. The summed E-state index contributed by atoms with van der Waals surface area (Å²) in [5.74, 6) is 2.40. The lowest BCUT2D eigenvalue weighted by atomic mass is 9.76. The van der Waals surface area contributed by atoms with E-state index in [1.165, 1.54) is 44.9 Å². The SMILES string of the molecule is COCC1CCC(c2ccccc2C2=CCC(C)CC2)CC1. The third kappa shape index (κ3) is 3.63. The number of rotatable bonds is 4.